The fourth-order valence-corrected chi connectivity index (χ4v) is 0.657. The van der Waals surface area contributed by atoms with Gasteiger partial charge in [-0.3, -0.25) is 10.9 Å². The smallest absolute Gasteiger partial charge is 0.0555 e. The first-order chi connectivity index (χ1) is 5.41. The maximum atomic E-state index is 8.41. The Labute approximate surface area is 68.3 Å². The molecule has 0 amide bonds. The van der Waals surface area contributed by atoms with Crippen LogP contribution in [-0.4, -0.2) is 37.9 Å². The molecule has 0 aromatic heterocycles. The number of aliphatic hydroxyl groups excluding tert-OH is 1. The summed E-state index contributed by atoms with van der Waals surface area (Å²) in [5.74, 6) is 0. The van der Waals surface area contributed by atoms with Crippen LogP contribution in [0.15, 0.2) is 0 Å². The molecular formula is C7H19N3O. The Morgan fingerprint density at radius 3 is 2.36 bits per heavy atom. The van der Waals surface area contributed by atoms with Gasteiger partial charge in [-0.25, -0.2) is 0 Å². The van der Waals surface area contributed by atoms with E-state index in [1.165, 1.54) is 0 Å². The van der Waals surface area contributed by atoms with Crippen LogP contribution >= 0.6 is 0 Å². The zero-order valence-electron chi connectivity index (χ0n) is 7.19. The quantitative estimate of drug-likeness (QED) is 0.274. The van der Waals surface area contributed by atoms with Gasteiger partial charge >= 0.3 is 0 Å². The lowest BCUT2D eigenvalue weighted by Crippen LogP contribution is -2.38. The summed E-state index contributed by atoms with van der Waals surface area (Å²) >= 11 is 0. The third-order valence-electron chi connectivity index (χ3n) is 1.22. The van der Waals surface area contributed by atoms with E-state index >= 15 is 0 Å². The summed E-state index contributed by atoms with van der Waals surface area (Å²) in [6.07, 6.45) is 1.14. The molecule has 0 saturated heterocycles. The lowest BCUT2D eigenvalue weighted by Gasteiger charge is -2.05. The molecule has 0 aromatic carbocycles. The van der Waals surface area contributed by atoms with Crippen LogP contribution in [0, 0.1) is 0 Å². The third kappa shape index (κ3) is 9.84. The van der Waals surface area contributed by atoms with Gasteiger partial charge in [0.05, 0.1) is 6.61 Å². The van der Waals surface area contributed by atoms with E-state index in [4.69, 9.17) is 5.11 Å². The van der Waals surface area contributed by atoms with Crippen molar-refractivity contribution in [1.82, 2.24) is 16.2 Å². The topological polar surface area (TPSA) is 56.3 Å². The second-order valence-electron chi connectivity index (χ2n) is 2.33. The molecule has 4 nitrogen and oxygen atoms in total. The van der Waals surface area contributed by atoms with Crippen molar-refractivity contribution in [2.75, 3.05) is 32.8 Å². The van der Waals surface area contributed by atoms with Crippen molar-refractivity contribution in [3.8, 4) is 0 Å². The highest BCUT2D eigenvalue weighted by molar-refractivity contribution is 4.47. The molecule has 0 saturated carbocycles. The van der Waals surface area contributed by atoms with Crippen LogP contribution < -0.4 is 16.2 Å². The van der Waals surface area contributed by atoms with Gasteiger partial charge in [0.15, 0.2) is 0 Å². The number of aliphatic hydroxyl groups is 1. The van der Waals surface area contributed by atoms with E-state index in [1.807, 2.05) is 0 Å². The molecule has 0 aliphatic heterocycles. The lowest BCUT2D eigenvalue weighted by molar-refractivity contribution is 0.292. The first kappa shape index (κ1) is 10.8. The minimum absolute atomic E-state index is 0.211. The highest BCUT2D eigenvalue weighted by Crippen LogP contribution is 1.64. The van der Waals surface area contributed by atoms with E-state index in [0.29, 0.717) is 6.54 Å². The molecule has 0 aliphatic carbocycles. The minimum atomic E-state index is 0.211. The van der Waals surface area contributed by atoms with Crippen molar-refractivity contribution < 1.29 is 5.11 Å². The van der Waals surface area contributed by atoms with Crippen LogP contribution in [0.1, 0.15) is 13.3 Å². The monoisotopic (exact) mass is 161 g/mol. The maximum absolute atomic E-state index is 8.41. The van der Waals surface area contributed by atoms with Gasteiger partial charge < -0.3 is 10.4 Å². The Bertz CT molecular complexity index is 62.7. The van der Waals surface area contributed by atoms with E-state index in [2.05, 4.69) is 23.1 Å². The maximum Gasteiger partial charge on any atom is 0.0555 e. The van der Waals surface area contributed by atoms with Gasteiger partial charge in [0.2, 0.25) is 0 Å². The molecule has 0 aliphatic rings. The Hall–Kier alpha value is -0.160. The van der Waals surface area contributed by atoms with Crippen LogP contribution in [0.5, 0.6) is 0 Å². The second kappa shape index (κ2) is 9.84. The zero-order valence-corrected chi connectivity index (χ0v) is 7.19. The highest BCUT2D eigenvalue weighted by atomic mass is 16.3. The molecule has 0 bridgehead atoms. The van der Waals surface area contributed by atoms with Crippen molar-refractivity contribution in [2.24, 2.45) is 0 Å². The number of rotatable bonds is 8. The minimum Gasteiger partial charge on any atom is -0.395 e. The van der Waals surface area contributed by atoms with Gasteiger partial charge in [-0.05, 0) is 6.42 Å². The molecule has 68 valence electrons. The molecule has 0 radical (unpaired) electrons. The van der Waals surface area contributed by atoms with Gasteiger partial charge in [0.25, 0.3) is 0 Å². The molecule has 0 unspecified atom stereocenters. The molecule has 0 heterocycles. The number of hydrogen-bond acceptors (Lipinski definition) is 4. The number of hydrogen-bond donors (Lipinski definition) is 4. The summed E-state index contributed by atoms with van der Waals surface area (Å²) in [5.41, 5.74) is 6.11. The molecule has 4 N–H and O–H groups in total. The van der Waals surface area contributed by atoms with Gasteiger partial charge in [-0.2, -0.15) is 0 Å². The first-order valence-corrected chi connectivity index (χ1v) is 4.19. The lowest BCUT2D eigenvalue weighted by atomic mass is 10.5. The van der Waals surface area contributed by atoms with E-state index in [0.717, 1.165) is 26.1 Å². The standard InChI is InChI=1S/C7H19N3O/c1-2-3-9-10-5-4-8-6-7-11/h8-11H,2-7H2,1H3. The first-order valence-electron chi connectivity index (χ1n) is 4.19. The summed E-state index contributed by atoms with van der Waals surface area (Å²) in [4.78, 5) is 0. The Morgan fingerprint density at radius 2 is 1.73 bits per heavy atom. The van der Waals surface area contributed by atoms with Crippen LogP contribution in [0.3, 0.4) is 0 Å². The van der Waals surface area contributed by atoms with Crippen LogP contribution in [-0.2, 0) is 0 Å². The molecular weight excluding hydrogens is 142 g/mol. The number of hydrazine groups is 1. The fraction of sp³-hybridized carbons (Fsp3) is 1.00. The fourth-order valence-electron chi connectivity index (χ4n) is 0.657. The van der Waals surface area contributed by atoms with Crippen molar-refractivity contribution in [1.29, 1.82) is 0 Å². The summed E-state index contributed by atoms with van der Waals surface area (Å²) < 4.78 is 0. The van der Waals surface area contributed by atoms with Crippen LogP contribution in [0.2, 0.25) is 0 Å². The van der Waals surface area contributed by atoms with Gasteiger partial charge in [-0.15, -0.1) is 0 Å². The molecule has 0 spiro atoms. The predicted molar refractivity (Wildman–Crippen MR) is 46.3 cm³/mol. The predicted octanol–water partition coefficient (Wildman–Crippen LogP) is -0.927. The summed E-state index contributed by atoms with van der Waals surface area (Å²) in [5, 5.41) is 11.5. The summed E-state index contributed by atoms with van der Waals surface area (Å²) in [7, 11) is 0. The van der Waals surface area contributed by atoms with Crippen molar-refractivity contribution in [3.63, 3.8) is 0 Å². The average Bonchev–Trinajstić information content (AvgIpc) is 2.03. The zero-order chi connectivity index (χ0) is 8.36. The highest BCUT2D eigenvalue weighted by Gasteiger charge is 1.84. The van der Waals surface area contributed by atoms with Crippen LogP contribution in [0.25, 0.3) is 0 Å². The Kier molecular flexibility index (Phi) is 9.70. The SMILES string of the molecule is CCCNNCCNCCO. The molecule has 4 heteroatoms. The molecule has 11 heavy (non-hydrogen) atoms. The molecule has 0 fully saturated rings. The summed E-state index contributed by atoms with van der Waals surface area (Å²) in [6, 6.07) is 0. The molecule has 0 atom stereocenters. The average molecular weight is 161 g/mol. The van der Waals surface area contributed by atoms with Crippen molar-refractivity contribution in [3.05, 3.63) is 0 Å². The third-order valence-corrected chi connectivity index (χ3v) is 1.22. The Balaban J connectivity index is 2.69. The van der Waals surface area contributed by atoms with Crippen LogP contribution in [0.4, 0.5) is 0 Å². The Morgan fingerprint density at radius 1 is 1.00 bits per heavy atom. The van der Waals surface area contributed by atoms with E-state index < -0.39 is 0 Å². The van der Waals surface area contributed by atoms with E-state index in [1.54, 1.807) is 0 Å². The van der Waals surface area contributed by atoms with Gasteiger partial charge in [0.1, 0.15) is 0 Å². The van der Waals surface area contributed by atoms with Crippen molar-refractivity contribution >= 4 is 0 Å². The van der Waals surface area contributed by atoms with Gasteiger partial charge in [-0.1, -0.05) is 6.92 Å². The van der Waals surface area contributed by atoms with Crippen molar-refractivity contribution in [2.45, 2.75) is 13.3 Å². The van der Waals surface area contributed by atoms with Gasteiger partial charge in [0, 0.05) is 26.2 Å². The summed E-state index contributed by atoms with van der Waals surface area (Å²) in [6.45, 7) is 5.79. The van der Waals surface area contributed by atoms with E-state index in [9.17, 15) is 0 Å². The largest absolute Gasteiger partial charge is 0.395 e. The second-order valence-corrected chi connectivity index (χ2v) is 2.33. The van der Waals surface area contributed by atoms with E-state index in [-0.39, 0.29) is 6.61 Å². The molecule has 0 rings (SSSR count). The normalized spacial score (nSPS) is 10.4. The number of nitrogens with one attached hydrogen (secondary N) is 3. The molecule has 0 aromatic rings.